The molecule has 0 spiro atoms. The summed E-state index contributed by atoms with van der Waals surface area (Å²) in [7, 11) is -4.13. The van der Waals surface area contributed by atoms with Crippen LogP contribution in [0.4, 0.5) is 0 Å². The van der Waals surface area contributed by atoms with E-state index in [0.29, 0.717) is 12.8 Å². The van der Waals surface area contributed by atoms with E-state index in [4.69, 9.17) is 9.47 Å². The van der Waals surface area contributed by atoms with Crippen molar-refractivity contribution in [2.24, 2.45) is 0 Å². The van der Waals surface area contributed by atoms with E-state index in [2.05, 4.69) is 13.8 Å². The van der Waals surface area contributed by atoms with Gasteiger partial charge < -0.3 is 19.3 Å². The van der Waals surface area contributed by atoms with Crippen molar-refractivity contribution in [3.05, 3.63) is 0 Å². The Bertz CT molecular complexity index is 769. The van der Waals surface area contributed by atoms with Gasteiger partial charge >= 0.3 is 19.5 Å². The second-order valence-electron chi connectivity index (χ2n) is 14.7. The van der Waals surface area contributed by atoms with Crippen molar-refractivity contribution in [2.45, 2.75) is 238 Å². The molecule has 0 saturated heterocycles. The highest BCUT2D eigenvalue weighted by molar-refractivity contribution is 7.51. The molecule has 0 aliphatic rings. The van der Waals surface area contributed by atoms with Crippen molar-refractivity contribution in [1.29, 1.82) is 0 Å². The van der Waals surface area contributed by atoms with E-state index in [-0.39, 0.29) is 37.5 Å². The quantitative estimate of drug-likeness (QED) is 0.0370. The molecule has 0 radical (unpaired) electrons. The van der Waals surface area contributed by atoms with E-state index in [9.17, 15) is 23.9 Å². The topological polar surface area (TPSA) is 110 Å². The molecule has 0 amide bonds. The fourth-order valence-electron chi connectivity index (χ4n) is 6.49. The summed E-state index contributed by atoms with van der Waals surface area (Å²) in [5.41, 5.74) is 0. The number of ether oxygens (including phenoxy) is 2. The normalized spacial score (nSPS) is 12.3. The first-order chi connectivity index (χ1) is 23.8. The van der Waals surface area contributed by atoms with Gasteiger partial charge in [-0.1, -0.05) is 194 Å². The van der Waals surface area contributed by atoms with Gasteiger partial charge in [0.25, 0.3) is 0 Å². The van der Waals surface area contributed by atoms with Gasteiger partial charge in [0.2, 0.25) is 0 Å². The SMILES string of the molecule is CCCCCCCCCCCCCCCCCC(=O)OCC(CCCP(=O)(O)O)OC(=O)CCCCCCCCCCCCCCCCC. The van der Waals surface area contributed by atoms with Gasteiger partial charge in [0.05, 0.1) is 0 Å². The molecule has 2 N–H and O–H groups in total. The van der Waals surface area contributed by atoms with Crippen molar-refractivity contribution >= 4 is 19.5 Å². The molecule has 0 aromatic carbocycles. The van der Waals surface area contributed by atoms with Gasteiger partial charge in [0.1, 0.15) is 12.7 Å². The molecule has 1 unspecified atom stereocenters. The fourth-order valence-corrected chi connectivity index (χ4v) is 7.08. The van der Waals surface area contributed by atoms with Crippen molar-refractivity contribution in [3.63, 3.8) is 0 Å². The zero-order chi connectivity index (χ0) is 36.1. The molecule has 8 heteroatoms. The predicted molar refractivity (Wildman–Crippen MR) is 206 cm³/mol. The van der Waals surface area contributed by atoms with Crippen LogP contribution in [0.5, 0.6) is 0 Å². The van der Waals surface area contributed by atoms with Crippen LogP contribution in [-0.4, -0.2) is 40.6 Å². The summed E-state index contributed by atoms with van der Waals surface area (Å²) in [6.07, 6.45) is 38.2. The molecule has 0 heterocycles. The van der Waals surface area contributed by atoms with Gasteiger partial charge in [-0.2, -0.15) is 0 Å². The summed E-state index contributed by atoms with van der Waals surface area (Å²) in [4.78, 5) is 43.3. The van der Waals surface area contributed by atoms with Crippen LogP contribution >= 0.6 is 7.60 Å². The number of carbonyl (C=O) groups is 2. The van der Waals surface area contributed by atoms with Crippen LogP contribution in [0.1, 0.15) is 232 Å². The van der Waals surface area contributed by atoms with Gasteiger partial charge in [-0.05, 0) is 25.7 Å². The summed E-state index contributed by atoms with van der Waals surface area (Å²) in [6.45, 7) is 4.47. The van der Waals surface area contributed by atoms with E-state index >= 15 is 0 Å². The standard InChI is InChI=1S/C41H81O7P/c1-3-5-7-9-11-13-15-17-19-21-23-25-27-29-31-35-40(42)47-38-39(34-33-37-49(44,45)46)48-41(43)36-32-30-28-26-24-22-20-18-16-14-12-10-8-6-4-2/h39H,3-38H2,1-2H3,(H2,44,45,46). The van der Waals surface area contributed by atoms with Crippen molar-refractivity contribution in [2.75, 3.05) is 12.8 Å². The minimum Gasteiger partial charge on any atom is -0.462 e. The predicted octanol–water partition coefficient (Wildman–Crippen LogP) is 12.9. The Kier molecular flexibility index (Phi) is 36.2. The summed E-state index contributed by atoms with van der Waals surface area (Å²) in [5, 5.41) is 0. The summed E-state index contributed by atoms with van der Waals surface area (Å²) < 4.78 is 22.3. The second kappa shape index (κ2) is 36.9. The summed E-state index contributed by atoms with van der Waals surface area (Å²) in [6, 6.07) is 0. The Balaban J connectivity index is 3.94. The van der Waals surface area contributed by atoms with E-state index in [1.807, 2.05) is 0 Å². The third-order valence-electron chi connectivity index (χ3n) is 9.67. The molecule has 0 saturated carbocycles. The monoisotopic (exact) mass is 717 g/mol. The van der Waals surface area contributed by atoms with Gasteiger partial charge in [0.15, 0.2) is 0 Å². The smallest absolute Gasteiger partial charge is 0.325 e. The molecule has 1 atom stereocenters. The van der Waals surface area contributed by atoms with Crippen LogP contribution in [0.25, 0.3) is 0 Å². The maximum absolute atomic E-state index is 12.5. The zero-order valence-electron chi connectivity index (χ0n) is 32.4. The largest absolute Gasteiger partial charge is 0.462 e. The average molecular weight is 717 g/mol. The molecule has 7 nitrogen and oxygen atoms in total. The first kappa shape index (κ1) is 48.1. The molecule has 0 aromatic heterocycles. The summed E-state index contributed by atoms with van der Waals surface area (Å²) >= 11 is 0. The van der Waals surface area contributed by atoms with Gasteiger partial charge in [0, 0.05) is 19.0 Å². The van der Waals surface area contributed by atoms with Crippen LogP contribution in [-0.2, 0) is 23.6 Å². The lowest BCUT2D eigenvalue weighted by molar-refractivity contribution is -0.159. The second-order valence-corrected chi connectivity index (χ2v) is 16.5. The first-order valence-electron chi connectivity index (χ1n) is 21.2. The molecular formula is C41H81O7P. The lowest BCUT2D eigenvalue weighted by atomic mass is 10.0. The third kappa shape index (κ3) is 39.7. The first-order valence-corrected chi connectivity index (χ1v) is 23.0. The highest BCUT2D eigenvalue weighted by atomic mass is 31.2. The molecule has 0 rings (SSSR count). The number of hydrogen-bond acceptors (Lipinski definition) is 5. The van der Waals surface area contributed by atoms with Crippen LogP contribution in [0, 0.1) is 0 Å². The van der Waals surface area contributed by atoms with Crippen LogP contribution < -0.4 is 0 Å². The summed E-state index contributed by atoms with van der Waals surface area (Å²) in [5.74, 6) is -0.623. The Morgan fingerprint density at radius 1 is 0.469 bits per heavy atom. The Morgan fingerprint density at radius 2 is 0.776 bits per heavy atom. The minimum atomic E-state index is -4.13. The van der Waals surface area contributed by atoms with E-state index in [1.54, 1.807) is 0 Å². The molecule has 0 bridgehead atoms. The average Bonchev–Trinajstić information content (AvgIpc) is 3.06. The zero-order valence-corrected chi connectivity index (χ0v) is 33.3. The highest BCUT2D eigenvalue weighted by Gasteiger charge is 2.20. The lowest BCUT2D eigenvalue weighted by Crippen LogP contribution is -2.25. The molecule has 0 aliphatic heterocycles. The van der Waals surface area contributed by atoms with Crippen LogP contribution in [0.3, 0.4) is 0 Å². The molecule has 0 aromatic rings. The molecule has 0 aliphatic carbocycles. The van der Waals surface area contributed by atoms with Crippen LogP contribution in [0.2, 0.25) is 0 Å². The number of esters is 2. The molecule has 0 fully saturated rings. The Labute approximate surface area is 303 Å². The highest BCUT2D eigenvalue weighted by Crippen LogP contribution is 2.35. The van der Waals surface area contributed by atoms with Gasteiger partial charge in [-0.25, -0.2) is 0 Å². The number of hydrogen-bond donors (Lipinski definition) is 2. The van der Waals surface area contributed by atoms with Gasteiger partial charge in [-0.3, -0.25) is 14.2 Å². The molecule has 49 heavy (non-hydrogen) atoms. The maximum Gasteiger partial charge on any atom is 0.325 e. The third-order valence-corrected chi connectivity index (χ3v) is 10.6. The van der Waals surface area contributed by atoms with E-state index < -0.39 is 13.7 Å². The van der Waals surface area contributed by atoms with E-state index in [1.165, 1.54) is 154 Å². The number of rotatable bonds is 39. The number of unbranched alkanes of at least 4 members (excludes halogenated alkanes) is 28. The lowest BCUT2D eigenvalue weighted by Gasteiger charge is -2.18. The Hall–Kier alpha value is -0.910. The molecule has 292 valence electrons. The minimum absolute atomic E-state index is 0.0523. The molecular weight excluding hydrogens is 635 g/mol. The van der Waals surface area contributed by atoms with Crippen molar-refractivity contribution < 1.29 is 33.4 Å². The van der Waals surface area contributed by atoms with E-state index in [0.717, 1.165) is 38.5 Å². The van der Waals surface area contributed by atoms with Crippen molar-refractivity contribution in [3.8, 4) is 0 Å². The fraction of sp³-hybridized carbons (Fsp3) is 0.951. The van der Waals surface area contributed by atoms with Crippen LogP contribution in [0.15, 0.2) is 0 Å². The maximum atomic E-state index is 12.5. The van der Waals surface area contributed by atoms with Crippen molar-refractivity contribution in [1.82, 2.24) is 0 Å². The Morgan fingerprint density at radius 3 is 1.10 bits per heavy atom. The number of carbonyl (C=O) groups excluding carboxylic acids is 2. The van der Waals surface area contributed by atoms with Gasteiger partial charge in [-0.15, -0.1) is 0 Å².